The van der Waals surface area contributed by atoms with Crippen LogP contribution < -0.4 is 4.90 Å². The normalized spacial score (nSPS) is 15.9. The number of anilines is 1. The first-order chi connectivity index (χ1) is 6.79. The maximum Gasteiger partial charge on any atom is 0.310 e. The standard InChI is InChI=1S/C9H11N3O2/c13-12(14)9-7-10-4-3-8(9)11-5-1-2-6-11/h3-4,7H,1-2,5-6H2. The van der Waals surface area contributed by atoms with E-state index in [0.29, 0.717) is 5.69 Å². The van der Waals surface area contributed by atoms with Gasteiger partial charge < -0.3 is 4.90 Å². The predicted molar refractivity (Wildman–Crippen MR) is 52.3 cm³/mol. The van der Waals surface area contributed by atoms with Gasteiger partial charge >= 0.3 is 5.69 Å². The molecule has 1 aliphatic rings. The van der Waals surface area contributed by atoms with Crippen LogP contribution in [0.1, 0.15) is 12.8 Å². The third-order valence-electron chi connectivity index (χ3n) is 2.42. The zero-order chi connectivity index (χ0) is 9.97. The molecule has 0 N–H and O–H groups in total. The van der Waals surface area contributed by atoms with Crippen LogP contribution in [0.15, 0.2) is 18.5 Å². The molecule has 1 aromatic heterocycles. The Morgan fingerprint density at radius 3 is 2.79 bits per heavy atom. The Bertz CT molecular complexity index is 348. The lowest BCUT2D eigenvalue weighted by Crippen LogP contribution is -2.18. The molecule has 1 fully saturated rings. The summed E-state index contributed by atoms with van der Waals surface area (Å²) in [5.41, 5.74) is 0.803. The maximum absolute atomic E-state index is 10.7. The van der Waals surface area contributed by atoms with Crippen LogP contribution in [0.5, 0.6) is 0 Å². The lowest BCUT2D eigenvalue weighted by Gasteiger charge is -2.16. The minimum atomic E-state index is -0.374. The van der Waals surface area contributed by atoms with Gasteiger partial charge in [-0.2, -0.15) is 0 Å². The highest BCUT2D eigenvalue weighted by atomic mass is 16.6. The molecule has 1 aromatic rings. The number of hydrogen-bond acceptors (Lipinski definition) is 4. The second-order valence-electron chi connectivity index (χ2n) is 3.32. The van der Waals surface area contributed by atoms with Gasteiger partial charge in [0.2, 0.25) is 0 Å². The highest BCUT2D eigenvalue weighted by Crippen LogP contribution is 2.28. The fourth-order valence-corrected chi connectivity index (χ4v) is 1.74. The van der Waals surface area contributed by atoms with Crippen molar-refractivity contribution in [2.24, 2.45) is 0 Å². The Morgan fingerprint density at radius 2 is 2.14 bits per heavy atom. The zero-order valence-electron chi connectivity index (χ0n) is 7.72. The summed E-state index contributed by atoms with van der Waals surface area (Å²) in [7, 11) is 0. The van der Waals surface area contributed by atoms with Crippen LogP contribution in [0.4, 0.5) is 11.4 Å². The molecule has 0 aromatic carbocycles. The fourth-order valence-electron chi connectivity index (χ4n) is 1.74. The lowest BCUT2D eigenvalue weighted by atomic mass is 10.3. The Kier molecular flexibility index (Phi) is 2.30. The van der Waals surface area contributed by atoms with Crippen molar-refractivity contribution in [2.75, 3.05) is 18.0 Å². The predicted octanol–water partition coefficient (Wildman–Crippen LogP) is 1.59. The van der Waals surface area contributed by atoms with E-state index in [1.54, 1.807) is 12.3 Å². The summed E-state index contributed by atoms with van der Waals surface area (Å²) in [5.74, 6) is 0. The number of nitrogens with zero attached hydrogens (tertiary/aromatic N) is 3. The molecule has 1 saturated heterocycles. The number of hydrogen-bond donors (Lipinski definition) is 0. The molecule has 5 heteroatoms. The second-order valence-corrected chi connectivity index (χ2v) is 3.32. The van der Waals surface area contributed by atoms with Crippen LogP contribution in [0, 0.1) is 10.1 Å². The third-order valence-corrected chi connectivity index (χ3v) is 2.42. The maximum atomic E-state index is 10.7. The molecule has 2 rings (SSSR count). The van der Waals surface area contributed by atoms with Crippen LogP contribution in [-0.4, -0.2) is 23.0 Å². The minimum Gasteiger partial charge on any atom is -0.366 e. The second kappa shape index (κ2) is 3.61. The van der Waals surface area contributed by atoms with Crippen molar-refractivity contribution in [1.29, 1.82) is 0 Å². The Morgan fingerprint density at radius 1 is 1.43 bits per heavy atom. The van der Waals surface area contributed by atoms with Gasteiger partial charge in [0.05, 0.1) is 4.92 Å². The first kappa shape index (κ1) is 8.93. The van der Waals surface area contributed by atoms with E-state index in [1.807, 2.05) is 4.90 Å². The summed E-state index contributed by atoms with van der Waals surface area (Å²) in [4.78, 5) is 16.2. The van der Waals surface area contributed by atoms with Gasteiger partial charge in [0.1, 0.15) is 11.9 Å². The molecule has 0 bridgehead atoms. The summed E-state index contributed by atoms with van der Waals surface area (Å²) in [6.07, 6.45) is 5.13. The van der Waals surface area contributed by atoms with Gasteiger partial charge in [-0.1, -0.05) is 0 Å². The molecular weight excluding hydrogens is 182 g/mol. The molecule has 2 heterocycles. The summed E-state index contributed by atoms with van der Waals surface area (Å²) in [6, 6.07) is 1.71. The van der Waals surface area contributed by atoms with Crippen LogP contribution in [0.25, 0.3) is 0 Å². The largest absolute Gasteiger partial charge is 0.366 e. The molecule has 5 nitrogen and oxygen atoms in total. The van der Waals surface area contributed by atoms with E-state index in [2.05, 4.69) is 4.98 Å². The lowest BCUT2D eigenvalue weighted by molar-refractivity contribution is -0.384. The quantitative estimate of drug-likeness (QED) is 0.528. The molecule has 0 aliphatic carbocycles. The average Bonchev–Trinajstić information content (AvgIpc) is 2.70. The van der Waals surface area contributed by atoms with Gasteiger partial charge in [0.25, 0.3) is 0 Å². The third kappa shape index (κ3) is 1.53. The van der Waals surface area contributed by atoms with Crippen molar-refractivity contribution in [2.45, 2.75) is 12.8 Å². The van der Waals surface area contributed by atoms with E-state index in [1.165, 1.54) is 6.20 Å². The van der Waals surface area contributed by atoms with E-state index in [-0.39, 0.29) is 10.6 Å². The number of nitro groups is 1. The Labute approximate surface area is 81.5 Å². The molecule has 0 atom stereocenters. The molecule has 0 unspecified atom stereocenters. The van der Waals surface area contributed by atoms with Crippen molar-refractivity contribution >= 4 is 11.4 Å². The molecule has 1 aliphatic heterocycles. The van der Waals surface area contributed by atoms with Crippen molar-refractivity contribution in [3.8, 4) is 0 Å². The van der Waals surface area contributed by atoms with E-state index >= 15 is 0 Å². The van der Waals surface area contributed by atoms with Crippen molar-refractivity contribution in [3.63, 3.8) is 0 Å². The summed E-state index contributed by atoms with van der Waals surface area (Å²) in [6.45, 7) is 1.82. The van der Waals surface area contributed by atoms with Gasteiger partial charge in [-0.15, -0.1) is 0 Å². The topological polar surface area (TPSA) is 59.3 Å². The SMILES string of the molecule is O=[N+]([O-])c1cnccc1N1CCCC1. The first-order valence-corrected chi connectivity index (χ1v) is 4.62. The smallest absolute Gasteiger partial charge is 0.310 e. The van der Waals surface area contributed by atoms with Crippen molar-refractivity contribution in [3.05, 3.63) is 28.6 Å². The Hall–Kier alpha value is -1.65. The molecule has 74 valence electrons. The van der Waals surface area contributed by atoms with Crippen LogP contribution in [0.2, 0.25) is 0 Å². The average molecular weight is 193 g/mol. The molecule has 0 radical (unpaired) electrons. The summed E-state index contributed by atoms with van der Waals surface area (Å²) < 4.78 is 0. The monoisotopic (exact) mass is 193 g/mol. The number of pyridine rings is 1. The molecule has 0 spiro atoms. The van der Waals surface area contributed by atoms with Gasteiger partial charge in [-0.3, -0.25) is 15.1 Å². The van der Waals surface area contributed by atoms with Crippen molar-refractivity contribution < 1.29 is 4.92 Å². The zero-order valence-corrected chi connectivity index (χ0v) is 7.72. The van der Waals surface area contributed by atoms with Crippen molar-refractivity contribution in [1.82, 2.24) is 4.98 Å². The van der Waals surface area contributed by atoms with E-state index in [4.69, 9.17) is 0 Å². The molecule has 14 heavy (non-hydrogen) atoms. The first-order valence-electron chi connectivity index (χ1n) is 4.62. The van der Waals surface area contributed by atoms with Gasteiger partial charge in [0.15, 0.2) is 0 Å². The molecular formula is C9H11N3O2. The molecule has 0 saturated carbocycles. The van der Waals surface area contributed by atoms with Crippen LogP contribution in [-0.2, 0) is 0 Å². The Balaban J connectivity index is 2.35. The number of aromatic nitrogens is 1. The van der Waals surface area contributed by atoms with Gasteiger partial charge in [0, 0.05) is 19.3 Å². The summed E-state index contributed by atoms with van der Waals surface area (Å²) >= 11 is 0. The highest BCUT2D eigenvalue weighted by Gasteiger charge is 2.21. The van der Waals surface area contributed by atoms with Crippen LogP contribution in [0.3, 0.4) is 0 Å². The summed E-state index contributed by atoms with van der Waals surface area (Å²) in [5, 5.41) is 10.7. The van der Waals surface area contributed by atoms with E-state index < -0.39 is 0 Å². The van der Waals surface area contributed by atoms with Crippen LogP contribution >= 0.6 is 0 Å². The minimum absolute atomic E-state index is 0.106. The van der Waals surface area contributed by atoms with E-state index in [0.717, 1.165) is 25.9 Å². The van der Waals surface area contributed by atoms with Gasteiger partial charge in [-0.25, -0.2) is 0 Å². The highest BCUT2D eigenvalue weighted by molar-refractivity contribution is 5.61. The fraction of sp³-hybridized carbons (Fsp3) is 0.444. The molecule has 0 amide bonds. The van der Waals surface area contributed by atoms with E-state index in [9.17, 15) is 10.1 Å². The number of rotatable bonds is 2. The van der Waals surface area contributed by atoms with Gasteiger partial charge in [-0.05, 0) is 18.9 Å².